The number of thiophene rings is 1. The molecule has 0 aliphatic carbocycles. The highest BCUT2D eigenvalue weighted by molar-refractivity contribution is 7.14. The van der Waals surface area contributed by atoms with Gasteiger partial charge >= 0.3 is 0 Å². The van der Waals surface area contributed by atoms with Gasteiger partial charge in [0.1, 0.15) is 5.82 Å². The first-order chi connectivity index (χ1) is 8.72. The standard InChI is InChI=1S/C14H15ClFNS/c1-2-6-17-9-10-8-11(16)3-4-12(10)14-13(15)5-7-18-14/h3-5,7-8,17H,2,6,9H2,1H3. The van der Waals surface area contributed by atoms with Crippen molar-refractivity contribution >= 4 is 22.9 Å². The molecule has 0 spiro atoms. The van der Waals surface area contributed by atoms with Gasteiger partial charge in [0.15, 0.2) is 0 Å². The van der Waals surface area contributed by atoms with Crippen LogP contribution in [0, 0.1) is 5.82 Å². The van der Waals surface area contributed by atoms with Crippen molar-refractivity contribution in [3.63, 3.8) is 0 Å². The van der Waals surface area contributed by atoms with Gasteiger partial charge in [-0.3, -0.25) is 0 Å². The van der Waals surface area contributed by atoms with Crippen molar-refractivity contribution in [2.75, 3.05) is 6.54 Å². The Morgan fingerprint density at radius 3 is 2.83 bits per heavy atom. The van der Waals surface area contributed by atoms with Crippen molar-refractivity contribution in [1.82, 2.24) is 5.32 Å². The number of rotatable bonds is 5. The molecule has 1 aromatic carbocycles. The van der Waals surface area contributed by atoms with Gasteiger partial charge in [-0.25, -0.2) is 4.39 Å². The quantitative estimate of drug-likeness (QED) is 0.784. The van der Waals surface area contributed by atoms with E-state index in [0.29, 0.717) is 6.54 Å². The molecule has 2 rings (SSSR count). The van der Waals surface area contributed by atoms with E-state index >= 15 is 0 Å². The zero-order valence-corrected chi connectivity index (χ0v) is 11.7. The summed E-state index contributed by atoms with van der Waals surface area (Å²) in [5.41, 5.74) is 1.97. The lowest BCUT2D eigenvalue weighted by molar-refractivity contribution is 0.619. The molecule has 4 heteroatoms. The highest BCUT2D eigenvalue weighted by atomic mass is 35.5. The zero-order valence-electron chi connectivity index (χ0n) is 10.2. The van der Waals surface area contributed by atoms with Gasteiger partial charge in [0, 0.05) is 6.54 Å². The molecule has 0 amide bonds. The van der Waals surface area contributed by atoms with E-state index < -0.39 is 0 Å². The monoisotopic (exact) mass is 283 g/mol. The Balaban J connectivity index is 2.32. The molecule has 1 N–H and O–H groups in total. The smallest absolute Gasteiger partial charge is 0.123 e. The Bertz CT molecular complexity index is 524. The number of benzene rings is 1. The van der Waals surface area contributed by atoms with E-state index in [9.17, 15) is 4.39 Å². The van der Waals surface area contributed by atoms with Gasteiger partial charge in [0.25, 0.3) is 0 Å². The van der Waals surface area contributed by atoms with Crippen LogP contribution in [0.15, 0.2) is 29.6 Å². The van der Waals surface area contributed by atoms with Crippen molar-refractivity contribution in [2.45, 2.75) is 19.9 Å². The van der Waals surface area contributed by atoms with E-state index in [1.807, 2.05) is 11.4 Å². The van der Waals surface area contributed by atoms with E-state index in [1.165, 1.54) is 6.07 Å². The lowest BCUT2D eigenvalue weighted by Crippen LogP contribution is -2.14. The third-order valence-corrected chi connectivity index (χ3v) is 4.05. The van der Waals surface area contributed by atoms with Crippen LogP contribution in [0.1, 0.15) is 18.9 Å². The summed E-state index contributed by atoms with van der Waals surface area (Å²) in [6.07, 6.45) is 1.06. The Labute approximate surface area is 116 Å². The van der Waals surface area contributed by atoms with Gasteiger partial charge in [-0.05, 0) is 47.7 Å². The summed E-state index contributed by atoms with van der Waals surface area (Å²) in [6, 6.07) is 6.73. The second kappa shape index (κ2) is 6.32. The fourth-order valence-electron chi connectivity index (χ4n) is 1.82. The van der Waals surface area contributed by atoms with Crippen LogP contribution in [0.25, 0.3) is 10.4 Å². The van der Waals surface area contributed by atoms with Gasteiger partial charge in [0.05, 0.1) is 9.90 Å². The molecular weight excluding hydrogens is 269 g/mol. The third-order valence-electron chi connectivity index (χ3n) is 2.67. The maximum absolute atomic E-state index is 13.3. The maximum Gasteiger partial charge on any atom is 0.123 e. The van der Waals surface area contributed by atoms with Crippen LogP contribution in [0.5, 0.6) is 0 Å². The maximum atomic E-state index is 13.3. The lowest BCUT2D eigenvalue weighted by Gasteiger charge is -2.10. The topological polar surface area (TPSA) is 12.0 Å². The van der Waals surface area contributed by atoms with Gasteiger partial charge in [-0.1, -0.05) is 24.6 Å². The molecular formula is C14H15ClFNS. The molecule has 0 bridgehead atoms. The minimum Gasteiger partial charge on any atom is -0.313 e. The predicted molar refractivity (Wildman–Crippen MR) is 76.7 cm³/mol. The van der Waals surface area contributed by atoms with E-state index in [2.05, 4.69) is 12.2 Å². The van der Waals surface area contributed by atoms with Crippen molar-refractivity contribution < 1.29 is 4.39 Å². The van der Waals surface area contributed by atoms with E-state index in [4.69, 9.17) is 11.6 Å². The Morgan fingerprint density at radius 1 is 1.33 bits per heavy atom. The first-order valence-electron chi connectivity index (χ1n) is 5.95. The summed E-state index contributed by atoms with van der Waals surface area (Å²) in [4.78, 5) is 1.00. The van der Waals surface area contributed by atoms with E-state index in [1.54, 1.807) is 23.5 Å². The Morgan fingerprint density at radius 2 is 2.17 bits per heavy atom. The average Bonchev–Trinajstić information content (AvgIpc) is 2.76. The van der Waals surface area contributed by atoms with Crippen molar-refractivity contribution in [1.29, 1.82) is 0 Å². The summed E-state index contributed by atoms with van der Waals surface area (Å²) >= 11 is 7.72. The summed E-state index contributed by atoms with van der Waals surface area (Å²) in [7, 11) is 0. The van der Waals surface area contributed by atoms with Crippen molar-refractivity contribution in [3.8, 4) is 10.4 Å². The highest BCUT2D eigenvalue weighted by Crippen LogP contribution is 2.35. The van der Waals surface area contributed by atoms with Gasteiger partial charge in [-0.2, -0.15) is 0 Å². The molecule has 0 fully saturated rings. The average molecular weight is 284 g/mol. The number of nitrogens with one attached hydrogen (secondary N) is 1. The first kappa shape index (κ1) is 13.5. The normalized spacial score (nSPS) is 10.8. The first-order valence-corrected chi connectivity index (χ1v) is 7.20. The van der Waals surface area contributed by atoms with Crippen LogP contribution in [0.4, 0.5) is 4.39 Å². The van der Waals surface area contributed by atoms with E-state index in [0.717, 1.165) is 34.0 Å². The molecule has 0 saturated carbocycles. The minimum atomic E-state index is -0.209. The molecule has 1 nitrogen and oxygen atoms in total. The molecule has 0 unspecified atom stereocenters. The molecule has 2 aromatic rings. The second-order valence-electron chi connectivity index (χ2n) is 4.08. The SMILES string of the molecule is CCCNCc1cc(F)ccc1-c1sccc1Cl. The van der Waals surface area contributed by atoms with Crippen molar-refractivity contribution in [2.24, 2.45) is 0 Å². The van der Waals surface area contributed by atoms with Crippen LogP contribution < -0.4 is 5.32 Å². The Hall–Kier alpha value is -0.900. The lowest BCUT2D eigenvalue weighted by atomic mass is 10.1. The van der Waals surface area contributed by atoms with Crippen LogP contribution in [0.3, 0.4) is 0 Å². The molecule has 0 aliphatic rings. The van der Waals surface area contributed by atoms with Crippen LogP contribution in [0.2, 0.25) is 5.02 Å². The predicted octanol–water partition coefficient (Wildman–Crippen LogP) is 4.71. The summed E-state index contributed by atoms with van der Waals surface area (Å²) in [5.74, 6) is -0.209. The van der Waals surface area contributed by atoms with E-state index in [-0.39, 0.29) is 5.82 Å². The van der Waals surface area contributed by atoms with Crippen LogP contribution in [-0.4, -0.2) is 6.54 Å². The van der Waals surface area contributed by atoms with Crippen LogP contribution in [-0.2, 0) is 6.54 Å². The second-order valence-corrected chi connectivity index (χ2v) is 5.40. The molecule has 1 heterocycles. The molecule has 1 aromatic heterocycles. The number of hydrogen-bond donors (Lipinski definition) is 1. The molecule has 96 valence electrons. The molecule has 0 aliphatic heterocycles. The van der Waals surface area contributed by atoms with Crippen molar-refractivity contribution in [3.05, 3.63) is 46.0 Å². The molecule has 0 saturated heterocycles. The number of hydrogen-bond acceptors (Lipinski definition) is 2. The van der Waals surface area contributed by atoms with Crippen LogP contribution >= 0.6 is 22.9 Å². The Kier molecular flexibility index (Phi) is 4.75. The molecule has 0 radical (unpaired) electrons. The summed E-state index contributed by atoms with van der Waals surface area (Å²) in [5, 5.41) is 5.97. The van der Waals surface area contributed by atoms with Gasteiger partial charge in [-0.15, -0.1) is 11.3 Å². The molecule has 18 heavy (non-hydrogen) atoms. The van der Waals surface area contributed by atoms with Gasteiger partial charge in [0.2, 0.25) is 0 Å². The van der Waals surface area contributed by atoms with Gasteiger partial charge < -0.3 is 5.32 Å². The fourth-order valence-corrected chi connectivity index (χ4v) is 3.04. The fraction of sp³-hybridized carbons (Fsp3) is 0.286. The summed E-state index contributed by atoms with van der Waals surface area (Å²) < 4.78 is 13.3. The third kappa shape index (κ3) is 3.10. The zero-order chi connectivity index (χ0) is 13.0. The largest absolute Gasteiger partial charge is 0.313 e. The number of halogens is 2. The summed E-state index contributed by atoms with van der Waals surface area (Å²) in [6.45, 7) is 3.69. The molecule has 0 atom stereocenters. The minimum absolute atomic E-state index is 0.209. The highest BCUT2D eigenvalue weighted by Gasteiger charge is 2.10.